The lowest BCUT2D eigenvalue weighted by Crippen LogP contribution is -2.19. The fraction of sp³-hybridized carbons (Fsp3) is 0.235. The molecular weight excluding hydrogens is 361 g/mol. The maximum absolute atomic E-state index is 10.5. The van der Waals surface area contributed by atoms with Gasteiger partial charge >= 0.3 is 0 Å². The number of aromatic hydroxyl groups is 1. The van der Waals surface area contributed by atoms with Crippen molar-refractivity contribution in [2.75, 3.05) is 0 Å². The van der Waals surface area contributed by atoms with Crippen LogP contribution in [-0.4, -0.2) is 11.3 Å². The van der Waals surface area contributed by atoms with E-state index in [2.05, 4.69) is 29.2 Å². The Morgan fingerprint density at radius 2 is 1.80 bits per heavy atom. The van der Waals surface area contributed by atoms with Crippen molar-refractivity contribution in [1.82, 2.24) is 0 Å². The van der Waals surface area contributed by atoms with Gasteiger partial charge in [-0.1, -0.05) is 50.2 Å². The Hall–Kier alpha value is -1.36. The van der Waals surface area contributed by atoms with Gasteiger partial charge in [0.25, 0.3) is 0 Å². The highest BCUT2D eigenvalue weighted by molar-refractivity contribution is 14.1. The van der Waals surface area contributed by atoms with Crippen LogP contribution in [0.25, 0.3) is 0 Å². The normalized spacial score (nSPS) is 12.0. The summed E-state index contributed by atoms with van der Waals surface area (Å²) in [4.78, 5) is 0. The first-order chi connectivity index (χ1) is 9.46. The molecule has 0 fully saturated rings. The van der Waals surface area contributed by atoms with E-state index in [0.717, 1.165) is 16.7 Å². The van der Waals surface area contributed by atoms with Crippen LogP contribution in [0.15, 0.2) is 45.7 Å². The summed E-state index contributed by atoms with van der Waals surface area (Å²) in [6.07, 6.45) is 1.69. The molecule has 0 radical (unpaired) electrons. The summed E-state index contributed by atoms with van der Waals surface area (Å²) in [7, 11) is 0. The van der Waals surface area contributed by atoms with Crippen LogP contribution in [0.4, 0.5) is 0 Å². The molecule has 0 saturated carbocycles. The molecule has 0 aliphatic heterocycles. The number of hydrogen-bond acceptors (Lipinski definition) is 2. The number of benzene rings is 2. The van der Waals surface area contributed by atoms with Crippen LogP contribution in [0.2, 0.25) is 0 Å². The van der Waals surface area contributed by atoms with Gasteiger partial charge in [0.1, 0.15) is 5.75 Å². The molecule has 0 saturated heterocycles. The number of halogens is 1. The standard InChI is InChI=1S/C17H18INO/c1-12-9-13(11-19-18)16(20)15(10-12)17(2,3)14-7-5-4-6-8-14/h4-11,20H,1-3H3/b19-11+. The Kier molecular flexibility index (Phi) is 4.48. The van der Waals surface area contributed by atoms with Gasteiger partial charge in [0.2, 0.25) is 0 Å². The van der Waals surface area contributed by atoms with Crippen molar-refractivity contribution in [3.8, 4) is 5.75 Å². The second-order valence-corrected chi connectivity index (χ2v) is 6.03. The zero-order valence-electron chi connectivity index (χ0n) is 11.9. The summed E-state index contributed by atoms with van der Waals surface area (Å²) in [5, 5.41) is 10.5. The summed E-state index contributed by atoms with van der Waals surface area (Å²) >= 11 is 1.92. The predicted octanol–water partition coefficient (Wildman–Crippen LogP) is 4.80. The van der Waals surface area contributed by atoms with Gasteiger partial charge in [-0.3, -0.25) is 0 Å². The van der Waals surface area contributed by atoms with E-state index >= 15 is 0 Å². The Morgan fingerprint density at radius 1 is 1.15 bits per heavy atom. The van der Waals surface area contributed by atoms with E-state index in [0.29, 0.717) is 5.75 Å². The number of hydrogen-bond donors (Lipinski definition) is 1. The zero-order valence-corrected chi connectivity index (χ0v) is 14.0. The number of aryl methyl sites for hydroxylation is 1. The van der Waals surface area contributed by atoms with Crippen molar-refractivity contribution in [3.63, 3.8) is 0 Å². The minimum absolute atomic E-state index is 0.259. The fourth-order valence-electron chi connectivity index (χ4n) is 2.44. The molecule has 0 aliphatic rings. The Bertz CT molecular complexity index is 633. The van der Waals surface area contributed by atoms with Gasteiger partial charge in [0.15, 0.2) is 0 Å². The molecule has 104 valence electrons. The average Bonchev–Trinajstić information content (AvgIpc) is 2.43. The van der Waals surface area contributed by atoms with E-state index in [1.165, 1.54) is 5.56 Å². The Labute approximate surface area is 134 Å². The van der Waals surface area contributed by atoms with Gasteiger partial charge < -0.3 is 5.11 Å². The van der Waals surface area contributed by atoms with E-state index in [1.54, 1.807) is 6.21 Å². The van der Waals surface area contributed by atoms with Gasteiger partial charge in [-0.25, -0.2) is 3.21 Å². The summed E-state index contributed by atoms with van der Waals surface area (Å²) in [5.74, 6) is 0.310. The molecule has 0 atom stereocenters. The molecule has 0 aliphatic carbocycles. The highest BCUT2D eigenvalue weighted by Crippen LogP contribution is 2.38. The van der Waals surface area contributed by atoms with Gasteiger partial charge in [-0.15, -0.1) is 0 Å². The van der Waals surface area contributed by atoms with Gasteiger partial charge in [0, 0.05) is 22.8 Å². The number of phenolic OH excluding ortho intramolecular Hbond substituents is 1. The molecule has 2 aromatic rings. The van der Waals surface area contributed by atoms with Crippen molar-refractivity contribution in [1.29, 1.82) is 0 Å². The molecule has 0 spiro atoms. The molecule has 20 heavy (non-hydrogen) atoms. The third kappa shape index (κ3) is 2.87. The number of rotatable bonds is 3. The summed E-state index contributed by atoms with van der Waals surface area (Å²) < 4.78 is 3.99. The average molecular weight is 379 g/mol. The molecule has 2 aromatic carbocycles. The van der Waals surface area contributed by atoms with Gasteiger partial charge in [0.05, 0.1) is 22.9 Å². The molecule has 0 unspecified atom stereocenters. The number of nitrogens with zero attached hydrogens (tertiary/aromatic N) is 1. The summed E-state index contributed by atoms with van der Waals surface area (Å²) in [6, 6.07) is 14.2. The summed E-state index contributed by atoms with van der Waals surface area (Å²) in [5.41, 5.74) is 3.73. The largest absolute Gasteiger partial charge is 0.507 e. The lowest BCUT2D eigenvalue weighted by Gasteiger charge is -2.28. The SMILES string of the molecule is Cc1cc(/C=N/I)c(O)c(C(C)(C)c2ccccc2)c1. The first-order valence-electron chi connectivity index (χ1n) is 6.50. The molecular formula is C17H18INO. The number of phenols is 1. The quantitative estimate of drug-likeness (QED) is 0.603. The minimum atomic E-state index is -0.259. The van der Waals surface area contributed by atoms with E-state index in [-0.39, 0.29) is 5.41 Å². The molecule has 1 N–H and O–H groups in total. The molecule has 0 heterocycles. The van der Waals surface area contributed by atoms with E-state index in [1.807, 2.05) is 60.1 Å². The lowest BCUT2D eigenvalue weighted by molar-refractivity contribution is 0.452. The van der Waals surface area contributed by atoms with Crippen molar-refractivity contribution >= 4 is 29.1 Å². The molecule has 0 amide bonds. The molecule has 3 heteroatoms. The van der Waals surface area contributed by atoms with E-state index < -0.39 is 0 Å². The third-order valence-electron chi connectivity index (χ3n) is 3.64. The van der Waals surface area contributed by atoms with Gasteiger partial charge in [-0.2, -0.15) is 0 Å². The molecule has 0 aromatic heterocycles. The molecule has 2 rings (SSSR count). The highest BCUT2D eigenvalue weighted by atomic mass is 127. The minimum Gasteiger partial charge on any atom is -0.507 e. The third-order valence-corrected chi connectivity index (χ3v) is 3.92. The second kappa shape index (κ2) is 5.95. The maximum atomic E-state index is 10.5. The van der Waals surface area contributed by atoms with Crippen molar-refractivity contribution in [2.24, 2.45) is 3.21 Å². The summed E-state index contributed by atoms with van der Waals surface area (Å²) in [6.45, 7) is 6.29. The lowest BCUT2D eigenvalue weighted by atomic mass is 9.76. The Balaban J connectivity index is 2.63. The first-order valence-corrected chi connectivity index (χ1v) is 7.47. The van der Waals surface area contributed by atoms with E-state index in [4.69, 9.17) is 0 Å². The van der Waals surface area contributed by atoms with Crippen LogP contribution in [0.1, 0.15) is 36.1 Å². The molecule has 2 nitrogen and oxygen atoms in total. The second-order valence-electron chi connectivity index (χ2n) is 5.47. The van der Waals surface area contributed by atoms with Crippen LogP contribution < -0.4 is 0 Å². The van der Waals surface area contributed by atoms with E-state index in [9.17, 15) is 5.11 Å². The van der Waals surface area contributed by atoms with Crippen molar-refractivity contribution < 1.29 is 5.11 Å². The van der Waals surface area contributed by atoms with Crippen molar-refractivity contribution in [2.45, 2.75) is 26.2 Å². The Morgan fingerprint density at radius 3 is 2.40 bits per heavy atom. The van der Waals surface area contributed by atoms with Crippen LogP contribution in [0, 0.1) is 6.92 Å². The monoisotopic (exact) mass is 379 g/mol. The van der Waals surface area contributed by atoms with Crippen LogP contribution in [-0.2, 0) is 5.41 Å². The van der Waals surface area contributed by atoms with Gasteiger partial charge in [-0.05, 0) is 24.1 Å². The first kappa shape index (κ1) is 15.0. The van der Waals surface area contributed by atoms with Crippen molar-refractivity contribution in [3.05, 3.63) is 64.7 Å². The molecule has 0 bridgehead atoms. The van der Waals surface area contributed by atoms with Crippen LogP contribution >= 0.6 is 22.9 Å². The predicted molar refractivity (Wildman–Crippen MR) is 93.0 cm³/mol. The highest BCUT2D eigenvalue weighted by Gasteiger charge is 2.27. The smallest absolute Gasteiger partial charge is 0.128 e. The van der Waals surface area contributed by atoms with Crippen LogP contribution in [0.5, 0.6) is 5.75 Å². The fourth-order valence-corrected chi connectivity index (χ4v) is 2.74. The maximum Gasteiger partial charge on any atom is 0.128 e. The van der Waals surface area contributed by atoms with Crippen LogP contribution in [0.3, 0.4) is 0 Å². The zero-order chi connectivity index (χ0) is 14.8. The topological polar surface area (TPSA) is 32.6 Å².